The molecule has 0 radical (unpaired) electrons. The van der Waals surface area contributed by atoms with Gasteiger partial charge in [0.2, 0.25) is 11.8 Å². The Balaban J connectivity index is 2.03. The molecule has 2 atom stereocenters. The van der Waals surface area contributed by atoms with Gasteiger partial charge in [-0.25, -0.2) is 0 Å². The van der Waals surface area contributed by atoms with Gasteiger partial charge in [-0.05, 0) is 25.0 Å². The van der Waals surface area contributed by atoms with E-state index in [9.17, 15) is 9.59 Å². The maximum atomic E-state index is 12.3. The number of carbonyl (C=O) groups excluding carboxylic acids is 2. The molecule has 0 bridgehead atoms. The first-order valence-electron chi connectivity index (χ1n) is 7.46. The van der Waals surface area contributed by atoms with Gasteiger partial charge in [0.25, 0.3) is 0 Å². The molecule has 0 spiro atoms. The van der Waals surface area contributed by atoms with Crippen LogP contribution in [0.5, 0.6) is 0 Å². The van der Waals surface area contributed by atoms with Gasteiger partial charge in [-0.2, -0.15) is 0 Å². The highest BCUT2D eigenvalue weighted by molar-refractivity contribution is 5.85. The van der Waals surface area contributed by atoms with Gasteiger partial charge < -0.3 is 20.7 Å². The van der Waals surface area contributed by atoms with E-state index in [0.717, 1.165) is 11.1 Å². The average Bonchev–Trinajstić information content (AvgIpc) is 2.53. The lowest BCUT2D eigenvalue weighted by atomic mass is 10.0. The van der Waals surface area contributed by atoms with Crippen LogP contribution in [0.1, 0.15) is 24.2 Å². The molecule has 1 aromatic carbocycles. The number of hydrogen-bond donors (Lipinski definition) is 2. The van der Waals surface area contributed by atoms with Crippen molar-refractivity contribution in [2.45, 2.75) is 26.0 Å². The Morgan fingerprint density at radius 2 is 2.14 bits per heavy atom. The molecule has 0 saturated carbocycles. The molecule has 0 aliphatic carbocycles. The Hall–Kier alpha value is -1.92. The predicted molar refractivity (Wildman–Crippen MR) is 83.1 cm³/mol. The van der Waals surface area contributed by atoms with Gasteiger partial charge in [-0.15, -0.1) is 0 Å². The first-order valence-corrected chi connectivity index (χ1v) is 7.46. The summed E-state index contributed by atoms with van der Waals surface area (Å²) in [5.74, 6) is -0.444. The molecule has 6 heteroatoms. The lowest BCUT2D eigenvalue weighted by Gasteiger charge is -2.38. The van der Waals surface area contributed by atoms with E-state index in [2.05, 4.69) is 5.32 Å². The summed E-state index contributed by atoms with van der Waals surface area (Å²) in [4.78, 5) is 25.2. The summed E-state index contributed by atoms with van der Waals surface area (Å²) >= 11 is 0. The zero-order valence-electron chi connectivity index (χ0n) is 13.0. The molecule has 2 unspecified atom stereocenters. The van der Waals surface area contributed by atoms with E-state index >= 15 is 0 Å². The van der Waals surface area contributed by atoms with Gasteiger partial charge in [0, 0.05) is 0 Å². The SMILES string of the molecule is Cc1ccccc1C1CN(C(=O)CNC(=O)CN)C(C)CO1. The van der Waals surface area contributed by atoms with Crippen LogP contribution in [0.3, 0.4) is 0 Å². The van der Waals surface area contributed by atoms with Gasteiger partial charge >= 0.3 is 0 Å². The number of carbonyl (C=O) groups is 2. The average molecular weight is 305 g/mol. The van der Waals surface area contributed by atoms with Crippen LogP contribution in [0.25, 0.3) is 0 Å². The molecule has 1 heterocycles. The normalized spacial score (nSPS) is 21.5. The molecule has 0 aromatic heterocycles. The van der Waals surface area contributed by atoms with Crippen molar-refractivity contribution in [3.63, 3.8) is 0 Å². The summed E-state index contributed by atoms with van der Waals surface area (Å²) in [6.45, 7) is 4.80. The third kappa shape index (κ3) is 3.84. The van der Waals surface area contributed by atoms with Gasteiger partial charge in [0.1, 0.15) is 6.10 Å². The van der Waals surface area contributed by atoms with Crippen LogP contribution in [-0.2, 0) is 14.3 Å². The van der Waals surface area contributed by atoms with Crippen LogP contribution in [0, 0.1) is 6.92 Å². The topological polar surface area (TPSA) is 84.7 Å². The van der Waals surface area contributed by atoms with Crippen LogP contribution in [0.15, 0.2) is 24.3 Å². The molecule has 2 rings (SSSR count). The minimum absolute atomic E-state index is 0.0115. The molecule has 1 fully saturated rings. The summed E-state index contributed by atoms with van der Waals surface area (Å²) in [6.07, 6.45) is -0.133. The molecule has 3 N–H and O–H groups in total. The highest BCUT2D eigenvalue weighted by Crippen LogP contribution is 2.27. The second-order valence-electron chi connectivity index (χ2n) is 5.55. The van der Waals surface area contributed by atoms with E-state index in [1.807, 2.05) is 38.1 Å². The van der Waals surface area contributed by atoms with Gasteiger partial charge in [0.15, 0.2) is 0 Å². The zero-order chi connectivity index (χ0) is 16.1. The number of amides is 2. The van der Waals surface area contributed by atoms with Crippen LogP contribution in [0.2, 0.25) is 0 Å². The minimum Gasteiger partial charge on any atom is -0.370 e. The van der Waals surface area contributed by atoms with E-state index in [1.54, 1.807) is 4.90 Å². The fourth-order valence-electron chi connectivity index (χ4n) is 2.59. The largest absolute Gasteiger partial charge is 0.370 e. The Bertz CT molecular complexity index is 547. The number of nitrogens with zero attached hydrogens (tertiary/aromatic N) is 1. The summed E-state index contributed by atoms with van der Waals surface area (Å²) in [7, 11) is 0. The van der Waals surface area contributed by atoms with Crippen molar-refractivity contribution in [1.82, 2.24) is 10.2 Å². The van der Waals surface area contributed by atoms with Crippen molar-refractivity contribution in [1.29, 1.82) is 0 Å². The molecule has 1 aromatic rings. The van der Waals surface area contributed by atoms with E-state index in [4.69, 9.17) is 10.5 Å². The van der Waals surface area contributed by atoms with E-state index < -0.39 is 0 Å². The second-order valence-corrected chi connectivity index (χ2v) is 5.55. The van der Waals surface area contributed by atoms with Crippen molar-refractivity contribution >= 4 is 11.8 Å². The van der Waals surface area contributed by atoms with Crippen LogP contribution in [0.4, 0.5) is 0 Å². The number of rotatable bonds is 4. The predicted octanol–water partition coefficient (Wildman–Crippen LogP) is 0.358. The van der Waals surface area contributed by atoms with Crippen molar-refractivity contribution in [2.75, 3.05) is 26.2 Å². The number of nitrogens with one attached hydrogen (secondary N) is 1. The summed E-state index contributed by atoms with van der Waals surface area (Å²) in [6, 6.07) is 7.99. The fraction of sp³-hybridized carbons (Fsp3) is 0.500. The van der Waals surface area contributed by atoms with E-state index in [-0.39, 0.29) is 37.0 Å². The van der Waals surface area contributed by atoms with Crippen molar-refractivity contribution < 1.29 is 14.3 Å². The number of ether oxygens (including phenoxy) is 1. The number of morpholine rings is 1. The molecule has 6 nitrogen and oxygen atoms in total. The molecular formula is C16H23N3O3. The smallest absolute Gasteiger partial charge is 0.242 e. The summed E-state index contributed by atoms with van der Waals surface area (Å²) in [5.41, 5.74) is 7.46. The van der Waals surface area contributed by atoms with Gasteiger partial charge in [0.05, 0.1) is 32.3 Å². The number of aryl methyl sites for hydroxylation is 1. The van der Waals surface area contributed by atoms with Gasteiger partial charge in [-0.1, -0.05) is 24.3 Å². The van der Waals surface area contributed by atoms with E-state index in [0.29, 0.717) is 13.2 Å². The molecule has 1 saturated heterocycles. The maximum absolute atomic E-state index is 12.3. The standard InChI is InChI=1S/C16H23N3O3/c1-11-5-3-4-6-13(11)14-9-19(12(2)10-22-14)16(21)8-18-15(20)7-17/h3-6,12,14H,7-10,17H2,1-2H3,(H,18,20). The van der Waals surface area contributed by atoms with Crippen molar-refractivity contribution in [3.05, 3.63) is 35.4 Å². The third-order valence-corrected chi connectivity index (χ3v) is 3.91. The number of benzene rings is 1. The van der Waals surface area contributed by atoms with Crippen LogP contribution < -0.4 is 11.1 Å². The highest BCUT2D eigenvalue weighted by atomic mass is 16.5. The molecule has 22 heavy (non-hydrogen) atoms. The Kier molecular flexibility index (Phi) is 5.51. The monoisotopic (exact) mass is 305 g/mol. The maximum Gasteiger partial charge on any atom is 0.242 e. The minimum atomic E-state index is -0.329. The first-order chi connectivity index (χ1) is 10.5. The number of hydrogen-bond acceptors (Lipinski definition) is 4. The number of nitrogens with two attached hydrogens (primary N) is 1. The molecule has 120 valence electrons. The molecule has 1 aliphatic heterocycles. The Morgan fingerprint density at radius 3 is 2.82 bits per heavy atom. The fourth-order valence-corrected chi connectivity index (χ4v) is 2.59. The second kappa shape index (κ2) is 7.38. The summed E-state index contributed by atoms with van der Waals surface area (Å²) < 4.78 is 5.88. The molecule has 1 aliphatic rings. The third-order valence-electron chi connectivity index (χ3n) is 3.91. The summed E-state index contributed by atoms with van der Waals surface area (Å²) in [5, 5.41) is 2.52. The van der Waals surface area contributed by atoms with Crippen molar-refractivity contribution in [2.24, 2.45) is 5.73 Å². The van der Waals surface area contributed by atoms with Gasteiger partial charge in [-0.3, -0.25) is 9.59 Å². The zero-order valence-corrected chi connectivity index (χ0v) is 13.0. The first kappa shape index (κ1) is 16.5. The van der Waals surface area contributed by atoms with Crippen LogP contribution in [-0.4, -0.2) is 49.0 Å². The molecule has 2 amide bonds. The molecular weight excluding hydrogens is 282 g/mol. The van der Waals surface area contributed by atoms with Crippen molar-refractivity contribution in [3.8, 4) is 0 Å². The Labute approximate surface area is 130 Å². The highest BCUT2D eigenvalue weighted by Gasteiger charge is 2.30. The lowest BCUT2D eigenvalue weighted by Crippen LogP contribution is -2.51. The van der Waals surface area contributed by atoms with Crippen LogP contribution >= 0.6 is 0 Å². The Morgan fingerprint density at radius 1 is 1.41 bits per heavy atom. The van der Waals surface area contributed by atoms with E-state index in [1.165, 1.54) is 0 Å². The quantitative estimate of drug-likeness (QED) is 0.841. The lowest BCUT2D eigenvalue weighted by molar-refractivity contribution is -0.144.